The van der Waals surface area contributed by atoms with Gasteiger partial charge in [0.1, 0.15) is 23.2 Å². The van der Waals surface area contributed by atoms with Crippen LogP contribution in [0, 0.1) is 0 Å². The van der Waals surface area contributed by atoms with Gasteiger partial charge in [-0.2, -0.15) is 0 Å². The standard InChI is InChI=1S/C14H19N3O6S/c1-6-5-24-12-9(11(19)17(12)10(6)14(22)23)16-8(18)4-2-3-7(15)13(20)21/h7,9,12H,2-5,15H2,1H3,(H,16,18)(H,20,21)(H,22,23)/t7-,9-,12?/m1/s1. The molecule has 0 spiro atoms. The molecular formula is C14H19N3O6S. The number of hydrogen-bond acceptors (Lipinski definition) is 6. The van der Waals surface area contributed by atoms with Gasteiger partial charge in [0.2, 0.25) is 5.91 Å². The maximum Gasteiger partial charge on any atom is 0.352 e. The van der Waals surface area contributed by atoms with Crippen molar-refractivity contribution in [2.45, 2.75) is 43.6 Å². The van der Waals surface area contributed by atoms with E-state index in [9.17, 15) is 24.3 Å². The second-order valence-corrected chi connectivity index (χ2v) is 6.83. The number of amides is 2. The number of carboxylic acids is 2. The molecule has 2 aliphatic rings. The summed E-state index contributed by atoms with van der Waals surface area (Å²) in [6.07, 6.45) is 0.515. The van der Waals surface area contributed by atoms with Crippen molar-refractivity contribution in [2.75, 3.05) is 5.75 Å². The van der Waals surface area contributed by atoms with Gasteiger partial charge in [0.05, 0.1) is 0 Å². The molecule has 2 amide bonds. The Morgan fingerprint density at radius 3 is 2.67 bits per heavy atom. The van der Waals surface area contributed by atoms with Gasteiger partial charge < -0.3 is 21.3 Å². The number of carboxylic acid groups (broad SMARTS) is 2. The molecule has 1 fully saturated rings. The smallest absolute Gasteiger partial charge is 0.352 e. The number of nitrogens with one attached hydrogen (secondary N) is 1. The quantitative estimate of drug-likeness (QED) is 0.438. The van der Waals surface area contributed by atoms with E-state index in [0.717, 1.165) is 0 Å². The lowest BCUT2D eigenvalue weighted by molar-refractivity contribution is -0.150. The van der Waals surface area contributed by atoms with Crippen molar-refractivity contribution < 1.29 is 29.4 Å². The van der Waals surface area contributed by atoms with E-state index in [1.54, 1.807) is 6.92 Å². The summed E-state index contributed by atoms with van der Waals surface area (Å²) in [6.45, 7) is 1.66. The molecular weight excluding hydrogens is 338 g/mol. The van der Waals surface area contributed by atoms with Crippen LogP contribution in [-0.2, 0) is 19.2 Å². The fraction of sp³-hybridized carbons (Fsp3) is 0.571. The summed E-state index contributed by atoms with van der Waals surface area (Å²) in [5, 5.41) is 20.1. The van der Waals surface area contributed by atoms with Crippen LogP contribution in [0.4, 0.5) is 0 Å². The molecule has 24 heavy (non-hydrogen) atoms. The van der Waals surface area contributed by atoms with Gasteiger partial charge in [-0.05, 0) is 25.3 Å². The van der Waals surface area contributed by atoms with Crippen LogP contribution in [0.2, 0.25) is 0 Å². The Bertz CT molecular complexity index is 620. The van der Waals surface area contributed by atoms with Gasteiger partial charge in [0.25, 0.3) is 5.91 Å². The zero-order chi connectivity index (χ0) is 18.0. The van der Waals surface area contributed by atoms with Crippen molar-refractivity contribution in [1.29, 1.82) is 0 Å². The zero-order valence-electron chi connectivity index (χ0n) is 13.0. The molecule has 0 aromatic heterocycles. The van der Waals surface area contributed by atoms with Crippen molar-refractivity contribution in [3.05, 3.63) is 11.3 Å². The van der Waals surface area contributed by atoms with Crippen molar-refractivity contribution >= 4 is 35.5 Å². The number of carbonyl (C=O) groups is 4. The highest BCUT2D eigenvalue weighted by atomic mass is 32.2. The Morgan fingerprint density at radius 1 is 1.42 bits per heavy atom. The summed E-state index contributed by atoms with van der Waals surface area (Å²) in [5.41, 5.74) is 5.95. The average molecular weight is 357 g/mol. The minimum Gasteiger partial charge on any atom is -0.480 e. The predicted octanol–water partition coefficient (Wildman–Crippen LogP) is -0.673. The second-order valence-electron chi connectivity index (χ2n) is 5.73. The van der Waals surface area contributed by atoms with Crippen LogP contribution < -0.4 is 11.1 Å². The average Bonchev–Trinajstić information content (AvgIpc) is 2.51. The lowest BCUT2D eigenvalue weighted by Gasteiger charge is -2.49. The monoisotopic (exact) mass is 357 g/mol. The number of rotatable bonds is 7. The molecule has 1 unspecified atom stereocenters. The van der Waals surface area contributed by atoms with Crippen LogP contribution in [0.5, 0.6) is 0 Å². The van der Waals surface area contributed by atoms with E-state index >= 15 is 0 Å². The molecule has 0 aliphatic carbocycles. The summed E-state index contributed by atoms with van der Waals surface area (Å²) in [6, 6.07) is -1.77. The van der Waals surface area contributed by atoms with Gasteiger partial charge in [-0.3, -0.25) is 19.3 Å². The molecule has 2 rings (SSSR count). The fourth-order valence-electron chi connectivity index (χ4n) is 2.63. The van der Waals surface area contributed by atoms with E-state index in [-0.39, 0.29) is 24.4 Å². The van der Waals surface area contributed by atoms with Crippen LogP contribution in [0.15, 0.2) is 11.3 Å². The topological polar surface area (TPSA) is 150 Å². The molecule has 5 N–H and O–H groups in total. The molecule has 1 saturated heterocycles. The first kappa shape index (κ1) is 18.3. The van der Waals surface area contributed by atoms with Crippen molar-refractivity contribution in [2.24, 2.45) is 5.73 Å². The van der Waals surface area contributed by atoms with Crippen LogP contribution >= 0.6 is 11.8 Å². The molecule has 3 atom stereocenters. The highest BCUT2D eigenvalue weighted by molar-refractivity contribution is 8.00. The molecule has 2 heterocycles. The number of hydrogen-bond donors (Lipinski definition) is 4. The third kappa shape index (κ3) is 3.54. The van der Waals surface area contributed by atoms with Gasteiger partial charge in [-0.1, -0.05) is 0 Å². The lowest BCUT2D eigenvalue weighted by Crippen LogP contribution is -2.70. The van der Waals surface area contributed by atoms with E-state index in [4.69, 9.17) is 10.8 Å². The van der Waals surface area contributed by atoms with Crippen LogP contribution in [0.3, 0.4) is 0 Å². The second kappa shape index (κ2) is 7.22. The largest absolute Gasteiger partial charge is 0.480 e. The Labute approximate surface area is 142 Å². The molecule has 9 nitrogen and oxygen atoms in total. The molecule has 10 heteroatoms. The number of thioether (sulfide) groups is 1. The number of fused-ring (bicyclic) bond motifs is 1. The number of β-lactam (4-membered cyclic amide) rings is 1. The fourth-order valence-corrected chi connectivity index (χ4v) is 3.92. The van der Waals surface area contributed by atoms with Gasteiger partial charge in [-0.25, -0.2) is 4.79 Å². The first-order chi connectivity index (χ1) is 11.2. The molecule has 0 radical (unpaired) electrons. The molecule has 0 aromatic rings. The third-order valence-electron chi connectivity index (χ3n) is 3.91. The van der Waals surface area contributed by atoms with E-state index in [1.807, 2.05) is 0 Å². The summed E-state index contributed by atoms with van der Waals surface area (Å²) in [5.74, 6) is -2.62. The van der Waals surface area contributed by atoms with E-state index in [0.29, 0.717) is 17.7 Å². The molecule has 2 aliphatic heterocycles. The Balaban J connectivity index is 1.88. The van der Waals surface area contributed by atoms with Crippen molar-refractivity contribution in [3.63, 3.8) is 0 Å². The van der Waals surface area contributed by atoms with Crippen LogP contribution in [0.25, 0.3) is 0 Å². The summed E-state index contributed by atoms with van der Waals surface area (Å²) >= 11 is 1.40. The highest BCUT2D eigenvalue weighted by Crippen LogP contribution is 2.40. The van der Waals surface area contributed by atoms with Crippen molar-refractivity contribution in [1.82, 2.24) is 10.2 Å². The predicted molar refractivity (Wildman–Crippen MR) is 84.8 cm³/mol. The highest BCUT2D eigenvalue weighted by Gasteiger charge is 2.53. The summed E-state index contributed by atoms with van der Waals surface area (Å²) in [7, 11) is 0. The summed E-state index contributed by atoms with van der Waals surface area (Å²) in [4.78, 5) is 47.1. The Kier molecular flexibility index (Phi) is 5.50. The molecule has 0 bridgehead atoms. The normalized spacial score (nSPS) is 24.1. The lowest BCUT2D eigenvalue weighted by atomic mass is 10.0. The van der Waals surface area contributed by atoms with Gasteiger partial charge in [0, 0.05) is 12.2 Å². The third-order valence-corrected chi connectivity index (χ3v) is 5.34. The van der Waals surface area contributed by atoms with E-state index in [1.165, 1.54) is 16.7 Å². The Morgan fingerprint density at radius 2 is 2.08 bits per heavy atom. The molecule has 132 valence electrons. The molecule has 0 saturated carbocycles. The minimum atomic E-state index is -1.15. The SMILES string of the molecule is CC1=C(C(=O)O)N2C(=O)[C@@H](NC(=O)CCC[C@@H](N)C(=O)O)C2SC1. The maximum absolute atomic E-state index is 12.2. The first-order valence-corrected chi connectivity index (χ1v) is 8.44. The first-order valence-electron chi connectivity index (χ1n) is 7.39. The minimum absolute atomic E-state index is 0.0123. The van der Waals surface area contributed by atoms with Crippen LogP contribution in [0.1, 0.15) is 26.2 Å². The van der Waals surface area contributed by atoms with Gasteiger partial charge in [0.15, 0.2) is 0 Å². The zero-order valence-corrected chi connectivity index (χ0v) is 13.8. The maximum atomic E-state index is 12.2. The van der Waals surface area contributed by atoms with Gasteiger partial charge >= 0.3 is 11.9 Å². The van der Waals surface area contributed by atoms with E-state index in [2.05, 4.69) is 5.32 Å². The Hall–Kier alpha value is -2.07. The van der Waals surface area contributed by atoms with Crippen LogP contribution in [-0.4, -0.2) is 62.1 Å². The van der Waals surface area contributed by atoms with Crippen molar-refractivity contribution in [3.8, 4) is 0 Å². The van der Waals surface area contributed by atoms with Gasteiger partial charge in [-0.15, -0.1) is 11.8 Å². The number of aliphatic carboxylic acids is 2. The number of nitrogens with zero attached hydrogens (tertiary/aromatic N) is 1. The summed E-state index contributed by atoms with van der Waals surface area (Å²) < 4.78 is 0. The van der Waals surface area contributed by atoms with E-state index < -0.39 is 35.3 Å². The number of nitrogens with two attached hydrogens (primary N) is 1. The molecule has 0 aromatic carbocycles. The number of carbonyl (C=O) groups excluding carboxylic acids is 2.